The van der Waals surface area contributed by atoms with E-state index in [0.29, 0.717) is 22.8 Å². The molecule has 0 radical (unpaired) electrons. The number of carboxylic acids is 1. The van der Waals surface area contributed by atoms with E-state index in [0.717, 1.165) is 5.39 Å². The zero-order chi connectivity index (χ0) is 14.1. The number of benzene rings is 1. The molecular formula is C15H11NO4. The van der Waals surface area contributed by atoms with E-state index in [1.807, 2.05) is 18.2 Å². The molecule has 1 N–H and O–H groups in total. The number of carbonyl (C=O) groups is 1. The maximum atomic E-state index is 10.8. The Bertz CT molecular complexity index is 774. The Morgan fingerprint density at radius 1 is 1.25 bits per heavy atom. The van der Waals surface area contributed by atoms with Gasteiger partial charge in [-0.15, -0.1) is 0 Å². The summed E-state index contributed by atoms with van der Waals surface area (Å²) in [5, 5.41) is 9.78. The first-order chi connectivity index (χ1) is 9.67. The van der Waals surface area contributed by atoms with E-state index < -0.39 is 5.97 Å². The minimum atomic E-state index is -1.00. The lowest BCUT2D eigenvalue weighted by atomic mass is 10.2. The smallest absolute Gasteiger partial charge is 0.337 e. The van der Waals surface area contributed by atoms with Crippen LogP contribution in [-0.4, -0.2) is 23.2 Å². The largest absolute Gasteiger partial charge is 0.497 e. The highest BCUT2D eigenvalue weighted by molar-refractivity contribution is 5.88. The molecule has 2 heterocycles. The van der Waals surface area contributed by atoms with Gasteiger partial charge in [0.1, 0.15) is 17.0 Å². The van der Waals surface area contributed by atoms with E-state index in [9.17, 15) is 4.79 Å². The summed E-state index contributed by atoms with van der Waals surface area (Å²) >= 11 is 0. The zero-order valence-corrected chi connectivity index (χ0v) is 10.7. The van der Waals surface area contributed by atoms with Gasteiger partial charge in [0.25, 0.3) is 0 Å². The van der Waals surface area contributed by atoms with Crippen LogP contribution in [0.5, 0.6) is 5.75 Å². The Morgan fingerprint density at radius 2 is 2.10 bits per heavy atom. The van der Waals surface area contributed by atoms with Crippen molar-refractivity contribution in [1.29, 1.82) is 0 Å². The second-order valence-electron chi connectivity index (χ2n) is 4.25. The summed E-state index contributed by atoms with van der Waals surface area (Å²) in [7, 11) is 1.59. The lowest BCUT2D eigenvalue weighted by Crippen LogP contribution is -1.96. The van der Waals surface area contributed by atoms with Crippen LogP contribution in [0.15, 0.2) is 47.0 Å². The molecule has 0 saturated carbocycles. The molecule has 0 atom stereocenters. The number of furan rings is 1. The molecule has 100 valence electrons. The van der Waals surface area contributed by atoms with Gasteiger partial charge in [0, 0.05) is 17.6 Å². The van der Waals surface area contributed by atoms with Crippen LogP contribution in [0.25, 0.3) is 22.4 Å². The van der Waals surface area contributed by atoms with Crippen molar-refractivity contribution in [3.05, 3.63) is 48.2 Å². The number of methoxy groups -OCH3 is 1. The van der Waals surface area contributed by atoms with Gasteiger partial charge in [0.2, 0.25) is 0 Å². The Morgan fingerprint density at radius 3 is 2.75 bits per heavy atom. The maximum absolute atomic E-state index is 10.8. The van der Waals surface area contributed by atoms with Gasteiger partial charge in [-0.3, -0.25) is 4.98 Å². The van der Waals surface area contributed by atoms with Crippen LogP contribution in [-0.2, 0) is 0 Å². The molecule has 0 fully saturated rings. The molecule has 0 spiro atoms. The molecular weight excluding hydrogens is 258 g/mol. The normalized spacial score (nSPS) is 10.7. The summed E-state index contributed by atoms with van der Waals surface area (Å²) in [6.45, 7) is 0. The van der Waals surface area contributed by atoms with Crippen LogP contribution < -0.4 is 4.74 Å². The summed E-state index contributed by atoms with van der Waals surface area (Å²) < 4.78 is 10.8. The number of hydrogen-bond acceptors (Lipinski definition) is 4. The number of aromatic carboxylic acids is 1. The van der Waals surface area contributed by atoms with Gasteiger partial charge in [-0.25, -0.2) is 4.79 Å². The van der Waals surface area contributed by atoms with Crippen molar-refractivity contribution < 1.29 is 19.1 Å². The van der Waals surface area contributed by atoms with E-state index in [1.165, 1.54) is 12.3 Å². The maximum Gasteiger partial charge on any atom is 0.337 e. The van der Waals surface area contributed by atoms with Crippen LogP contribution in [0, 0.1) is 0 Å². The van der Waals surface area contributed by atoms with Gasteiger partial charge in [-0.05, 0) is 30.3 Å². The molecule has 0 unspecified atom stereocenters. The molecule has 5 nitrogen and oxygen atoms in total. The molecule has 1 aromatic carbocycles. The Kier molecular flexibility index (Phi) is 2.87. The zero-order valence-electron chi connectivity index (χ0n) is 10.7. The SMILES string of the molecule is COc1ccc2cc(-c3ccc(C(=O)O)cn3)oc2c1. The molecule has 20 heavy (non-hydrogen) atoms. The van der Waals surface area contributed by atoms with Crippen LogP contribution in [0.2, 0.25) is 0 Å². The van der Waals surface area contributed by atoms with Crippen LogP contribution >= 0.6 is 0 Å². The van der Waals surface area contributed by atoms with Crippen molar-refractivity contribution in [2.24, 2.45) is 0 Å². The minimum absolute atomic E-state index is 0.145. The predicted molar refractivity (Wildman–Crippen MR) is 73.0 cm³/mol. The highest BCUT2D eigenvalue weighted by atomic mass is 16.5. The number of pyridine rings is 1. The number of carboxylic acid groups (broad SMARTS) is 1. The van der Waals surface area contributed by atoms with E-state index in [1.54, 1.807) is 19.2 Å². The molecule has 0 bridgehead atoms. The van der Waals surface area contributed by atoms with Gasteiger partial charge < -0.3 is 14.3 Å². The minimum Gasteiger partial charge on any atom is -0.497 e. The molecule has 3 rings (SSSR count). The van der Waals surface area contributed by atoms with Crippen molar-refractivity contribution in [2.75, 3.05) is 7.11 Å². The Balaban J connectivity index is 2.03. The molecule has 0 amide bonds. The molecule has 0 aliphatic rings. The van der Waals surface area contributed by atoms with E-state index in [-0.39, 0.29) is 5.56 Å². The molecule has 0 aliphatic carbocycles. The van der Waals surface area contributed by atoms with Gasteiger partial charge in [-0.1, -0.05) is 0 Å². The molecule has 0 aliphatic heterocycles. The number of nitrogens with zero attached hydrogens (tertiary/aromatic N) is 1. The highest BCUT2D eigenvalue weighted by Crippen LogP contribution is 2.29. The second kappa shape index (κ2) is 4.70. The predicted octanol–water partition coefficient (Wildman–Crippen LogP) is 3.20. The molecule has 3 aromatic rings. The Hall–Kier alpha value is -2.82. The van der Waals surface area contributed by atoms with E-state index in [2.05, 4.69) is 4.98 Å². The van der Waals surface area contributed by atoms with Crippen molar-refractivity contribution in [1.82, 2.24) is 4.98 Å². The summed E-state index contributed by atoms with van der Waals surface area (Å²) in [6, 6.07) is 10.5. The second-order valence-corrected chi connectivity index (χ2v) is 4.25. The summed E-state index contributed by atoms with van der Waals surface area (Å²) in [5.41, 5.74) is 1.43. The third kappa shape index (κ3) is 2.09. The molecule has 2 aromatic heterocycles. The monoisotopic (exact) mass is 269 g/mol. The average molecular weight is 269 g/mol. The summed E-state index contributed by atoms with van der Waals surface area (Å²) in [4.78, 5) is 14.9. The van der Waals surface area contributed by atoms with E-state index >= 15 is 0 Å². The Labute approximate surface area is 114 Å². The number of ether oxygens (including phenoxy) is 1. The summed E-state index contributed by atoms with van der Waals surface area (Å²) in [6.07, 6.45) is 1.31. The first kappa shape index (κ1) is 12.2. The summed E-state index contributed by atoms with van der Waals surface area (Å²) in [5.74, 6) is 0.302. The van der Waals surface area contributed by atoms with Crippen molar-refractivity contribution in [3.8, 4) is 17.2 Å². The van der Waals surface area contributed by atoms with Crippen LogP contribution in [0.4, 0.5) is 0 Å². The fraction of sp³-hybridized carbons (Fsp3) is 0.0667. The number of rotatable bonds is 3. The van der Waals surface area contributed by atoms with Crippen LogP contribution in [0.3, 0.4) is 0 Å². The molecule has 5 heteroatoms. The van der Waals surface area contributed by atoms with E-state index in [4.69, 9.17) is 14.3 Å². The quantitative estimate of drug-likeness (QED) is 0.790. The number of aromatic nitrogens is 1. The van der Waals surface area contributed by atoms with Gasteiger partial charge >= 0.3 is 5.97 Å². The topological polar surface area (TPSA) is 72.6 Å². The van der Waals surface area contributed by atoms with Gasteiger partial charge in [0.05, 0.1) is 12.7 Å². The highest BCUT2D eigenvalue weighted by Gasteiger charge is 2.10. The fourth-order valence-corrected chi connectivity index (χ4v) is 1.93. The number of hydrogen-bond donors (Lipinski definition) is 1. The third-order valence-electron chi connectivity index (χ3n) is 2.99. The standard InChI is InChI=1S/C15H11NO4/c1-19-11-4-2-9-6-14(20-13(9)7-11)12-5-3-10(8-16-12)15(17)18/h2-8H,1H3,(H,17,18). The average Bonchev–Trinajstić information content (AvgIpc) is 2.90. The van der Waals surface area contributed by atoms with Crippen LogP contribution in [0.1, 0.15) is 10.4 Å². The van der Waals surface area contributed by atoms with Gasteiger partial charge in [-0.2, -0.15) is 0 Å². The lowest BCUT2D eigenvalue weighted by molar-refractivity contribution is 0.0696. The van der Waals surface area contributed by atoms with Crippen molar-refractivity contribution in [2.45, 2.75) is 0 Å². The fourth-order valence-electron chi connectivity index (χ4n) is 1.93. The first-order valence-electron chi connectivity index (χ1n) is 5.94. The lowest BCUT2D eigenvalue weighted by Gasteiger charge is -1.97. The van der Waals surface area contributed by atoms with Gasteiger partial charge in [0.15, 0.2) is 5.76 Å². The van der Waals surface area contributed by atoms with Crippen molar-refractivity contribution >= 4 is 16.9 Å². The first-order valence-corrected chi connectivity index (χ1v) is 5.94. The van der Waals surface area contributed by atoms with Crippen molar-refractivity contribution in [3.63, 3.8) is 0 Å². The third-order valence-corrected chi connectivity index (χ3v) is 2.99. The molecule has 0 saturated heterocycles. The number of fused-ring (bicyclic) bond motifs is 1.